The normalized spacial score (nSPS) is 16.8. The van der Waals surface area contributed by atoms with Gasteiger partial charge in [-0.3, -0.25) is 0 Å². The van der Waals surface area contributed by atoms with Crippen molar-refractivity contribution in [1.82, 2.24) is 10.6 Å². The molecule has 0 aliphatic heterocycles. The van der Waals surface area contributed by atoms with Crippen molar-refractivity contribution in [3.05, 3.63) is 23.7 Å². The zero-order valence-electron chi connectivity index (χ0n) is 14.1. The molecule has 6 heteroatoms. The molecule has 1 heterocycles. The highest BCUT2D eigenvalue weighted by Crippen LogP contribution is 2.29. The van der Waals surface area contributed by atoms with Crippen molar-refractivity contribution in [1.29, 1.82) is 5.26 Å². The Hall–Kier alpha value is -2.00. The van der Waals surface area contributed by atoms with Crippen LogP contribution in [0.3, 0.4) is 0 Å². The number of alkyl carbamates (subject to hydrolysis) is 1. The molecule has 1 saturated carbocycles. The zero-order chi connectivity index (χ0) is 16.9. The van der Waals surface area contributed by atoms with E-state index in [1.54, 1.807) is 12.1 Å². The van der Waals surface area contributed by atoms with Gasteiger partial charge in [0.05, 0.1) is 6.54 Å². The molecule has 1 aromatic rings. The average Bonchev–Trinajstić information content (AvgIpc) is 3.11. The van der Waals surface area contributed by atoms with Crippen molar-refractivity contribution in [3.63, 3.8) is 0 Å². The molecular weight excluding hydrogens is 294 g/mol. The van der Waals surface area contributed by atoms with Gasteiger partial charge in [0.25, 0.3) is 0 Å². The predicted octanol–water partition coefficient (Wildman–Crippen LogP) is 3.08. The molecule has 0 unspecified atom stereocenters. The quantitative estimate of drug-likeness (QED) is 0.871. The van der Waals surface area contributed by atoms with E-state index in [9.17, 15) is 4.79 Å². The Morgan fingerprint density at radius 2 is 2.09 bits per heavy atom. The van der Waals surface area contributed by atoms with Gasteiger partial charge in [-0.05, 0) is 45.7 Å². The minimum absolute atomic E-state index is 0.142. The number of amides is 1. The molecule has 23 heavy (non-hydrogen) atoms. The van der Waals surface area contributed by atoms with E-state index in [2.05, 4.69) is 10.6 Å². The number of ether oxygens (including phenoxy) is 1. The van der Waals surface area contributed by atoms with Gasteiger partial charge in [0.15, 0.2) is 0 Å². The Balaban J connectivity index is 1.89. The fourth-order valence-corrected chi connectivity index (χ4v) is 2.83. The molecule has 0 spiro atoms. The van der Waals surface area contributed by atoms with Crippen molar-refractivity contribution in [2.45, 2.75) is 64.1 Å². The summed E-state index contributed by atoms with van der Waals surface area (Å²) in [6, 6.07) is 5.44. The summed E-state index contributed by atoms with van der Waals surface area (Å²) in [7, 11) is 0. The van der Waals surface area contributed by atoms with Gasteiger partial charge in [0.1, 0.15) is 17.4 Å². The summed E-state index contributed by atoms with van der Waals surface area (Å²) in [6.45, 7) is 6.60. The van der Waals surface area contributed by atoms with Crippen molar-refractivity contribution in [2.24, 2.45) is 0 Å². The maximum Gasteiger partial charge on any atom is 0.407 e. The minimum atomic E-state index is -0.498. The Morgan fingerprint density at radius 3 is 2.65 bits per heavy atom. The van der Waals surface area contributed by atoms with E-state index in [0.29, 0.717) is 18.8 Å². The second kappa shape index (κ2) is 7.05. The largest absolute Gasteiger partial charge is 0.449 e. The lowest BCUT2D eigenvalue weighted by molar-refractivity contribution is 0.0509. The Morgan fingerprint density at radius 1 is 1.39 bits per heavy atom. The molecule has 1 aliphatic carbocycles. The zero-order valence-corrected chi connectivity index (χ0v) is 14.1. The number of nitrogens with one attached hydrogen (secondary N) is 2. The SMILES string of the molecule is CC(C)(C)OC(=O)NCC1(NCc2ccc(C#N)o2)CCCC1. The van der Waals surface area contributed by atoms with Gasteiger partial charge in [-0.1, -0.05) is 12.8 Å². The summed E-state index contributed by atoms with van der Waals surface area (Å²) >= 11 is 0. The van der Waals surface area contributed by atoms with Gasteiger partial charge in [-0.15, -0.1) is 0 Å². The number of carbonyl (C=O) groups excluding carboxylic acids is 1. The van der Waals surface area contributed by atoms with Crippen LogP contribution < -0.4 is 10.6 Å². The maximum atomic E-state index is 11.9. The molecule has 1 amide bonds. The molecular formula is C17H25N3O3. The summed E-state index contributed by atoms with van der Waals surface area (Å²) < 4.78 is 10.7. The third-order valence-corrected chi connectivity index (χ3v) is 3.94. The predicted molar refractivity (Wildman–Crippen MR) is 85.7 cm³/mol. The summed E-state index contributed by atoms with van der Waals surface area (Å²) in [5, 5.41) is 15.2. The summed E-state index contributed by atoms with van der Waals surface area (Å²) in [5.74, 6) is 1.04. The Labute approximate surface area is 137 Å². The summed E-state index contributed by atoms with van der Waals surface area (Å²) in [6.07, 6.45) is 3.86. The number of hydrogen-bond donors (Lipinski definition) is 2. The summed E-state index contributed by atoms with van der Waals surface area (Å²) in [4.78, 5) is 11.9. The number of furan rings is 1. The first-order valence-corrected chi connectivity index (χ1v) is 8.03. The van der Waals surface area contributed by atoms with Gasteiger partial charge in [-0.2, -0.15) is 5.26 Å². The molecule has 2 N–H and O–H groups in total. The topological polar surface area (TPSA) is 87.3 Å². The highest BCUT2D eigenvalue weighted by molar-refractivity contribution is 5.67. The Bertz CT molecular complexity index is 575. The number of nitrogens with zero attached hydrogens (tertiary/aromatic N) is 1. The minimum Gasteiger partial charge on any atom is -0.449 e. The van der Waals surface area contributed by atoms with Gasteiger partial charge in [0.2, 0.25) is 5.76 Å². The fraction of sp³-hybridized carbons (Fsp3) is 0.647. The van der Waals surface area contributed by atoms with E-state index in [-0.39, 0.29) is 5.54 Å². The van der Waals surface area contributed by atoms with E-state index in [1.165, 1.54) is 0 Å². The lowest BCUT2D eigenvalue weighted by Crippen LogP contribution is -2.51. The highest BCUT2D eigenvalue weighted by Gasteiger charge is 2.34. The monoisotopic (exact) mass is 319 g/mol. The summed E-state index contributed by atoms with van der Waals surface area (Å²) in [5.41, 5.74) is -0.640. The van der Waals surface area contributed by atoms with Crippen LogP contribution >= 0.6 is 0 Å². The van der Waals surface area contributed by atoms with Crippen molar-refractivity contribution < 1.29 is 13.9 Å². The van der Waals surface area contributed by atoms with Crippen molar-refractivity contribution in [2.75, 3.05) is 6.54 Å². The van der Waals surface area contributed by atoms with Crippen LogP contribution in [0.15, 0.2) is 16.5 Å². The average molecular weight is 319 g/mol. The van der Waals surface area contributed by atoms with Crippen LogP contribution in [0.1, 0.15) is 58.0 Å². The van der Waals surface area contributed by atoms with Crippen molar-refractivity contribution in [3.8, 4) is 6.07 Å². The van der Waals surface area contributed by atoms with Crippen LogP contribution in [-0.2, 0) is 11.3 Å². The van der Waals surface area contributed by atoms with E-state index in [0.717, 1.165) is 31.4 Å². The fourth-order valence-electron chi connectivity index (χ4n) is 2.83. The number of rotatable bonds is 5. The third-order valence-electron chi connectivity index (χ3n) is 3.94. The van der Waals surface area contributed by atoms with Crippen LogP contribution in [0, 0.1) is 11.3 Å². The number of nitriles is 1. The molecule has 2 rings (SSSR count). The second-order valence-electron chi connectivity index (χ2n) is 7.07. The molecule has 1 aromatic heterocycles. The standard InChI is InChI=1S/C17H25N3O3/c1-16(2,3)23-15(21)19-12-17(8-4-5-9-17)20-11-14-7-6-13(10-18)22-14/h6-7,20H,4-5,8-9,11-12H2,1-3H3,(H,19,21). The van der Waals surface area contributed by atoms with Gasteiger partial charge in [-0.25, -0.2) is 4.79 Å². The van der Waals surface area contributed by atoms with E-state index in [4.69, 9.17) is 14.4 Å². The van der Waals surface area contributed by atoms with Crippen LogP contribution in [-0.4, -0.2) is 23.8 Å². The van der Waals surface area contributed by atoms with Crippen LogP contribution in [0.25, 0.3) is 0 Å². The maximum absolute atomic E-state index is 11.9. The van der Waals surface area contributed by atoms with Crippen LogP contribution in [0.4, 0.5) is 4.79 Å². The first-order valence-electron chi connectivity index (χ1n) is 8.03. The molecule has 6 nitrogen and oxygen atoms in total. The smallest absolute Gasteiger partial charge is 0.407 e. The molecule has 0 aromatic carbocycles. The molecule has 0 bridgehead atoms. The second-order valence-corrected chi connectivity index (χ2v) is 7.07. The third kappa shape index (κ3) is 5.29. The van der Waals surface area contributed by atoms with Crippen LogP contribution in [0.5, 0.6) is 0 Å². The number of carbonyl (C=O) groups is 1. The molecule has 1 fully saturated rings. The van der Waals surface area contributed by atoms with E-state index in [1.807, 2.05) is 26.8 Å². The van der Waals surface area contributed by atoms with Gasteiger partial charge >= 0.3 is 6.09 Å². The first kappa shape index (κ1) is 17.4. The highest BCUT2D eigenvalue weighted by atomic mass is 16.6. The molecule has 0 atom stereocenters. The van der Waals surface area contributed by atoms with Gasteiger partial charge in [0, 0.05) is 12.1 Å². The van der Waals surface area contributed by atoms with Crippen molar-refractivity contribution >= 4 is 6.09 Å². The lowest BCUT2D eigenvalue weighted by atomic mass is 9.97. The first-order chi connectivity index (χ1) is 10.8. The molecule has 1 aliphatic rings. The Kier molecular flexibility index (Phi) is 5.32. The molecule has 0 saturated heterocycles. The molecule has 126 valence electrons. The van der Waals surface area contributed by atoms with E-state index < -0.39 is 11.7 Å². The lowest BCUT2D eigenvalue weighted by Gasteiger charge is -2.31. The van der Waals surface area contributed by atoms with Gasteiger partial charge < -0.3 is 19.8 Å². The molecule has 0 radical (unpaired) electrons. The van der Waals surface area contributed by atoms with Crippen LogP contribution in [0.2, 0.25) is 0 Å². The van der Waals surface area contributed by atoms with E-state index >= 15 is 0 Å². The number of hydrogen-bond acceptors (Lipinski definition) is 5.